The highest BCUT2D eigenvalue weighted by Crippen LogP contribution is 2.33. The molecular weight excluding hydrogens is 279 g/mol. The van der Waals surface area contributed by atoms with E-state index >= 15 is 0 Å². The van der Waals surface area contributed by atoms with Crippen LogP contribution in [0.2, 0.25) is 4.47 Å². The van der Waals surface area contributed by atoms with Gasteiger partial charge < -0.3 is 4.74 Å². The molecule has 2 aromatic rings. The fourth-order valence-electron chi connectivity index (χ4n) is 1.37. The number of ether oxygens (including phenoxy) is 1. The SMILES string of the molecule is COc1ccc(C(=O)CF)nc1-c1cnc(Cl)s1. The molecule has 7 heteroatoms. The molecule has 0 aromatic carbocycles. The lowest BCUT2D eigenvalue weighted by Crippen LogP contribution is -2.05. The number of thiazole rings is 1. The van der Waals surface area contributed by atoms with E-state index in [1.807, 2.05) is 0 Å². The number of methoxy groups -OCH3 is 1. The lowest BCUT2D eigenvalue weighted by atomic mass is 10.2. The van der Waals surface area contributed by atoms with E-state index in [1.54, 1.807) is 6.07 Å². The van der Waals surface area contributed by atoms with E-state index in [9.17, 15) is 9.18 Å². The van der Waals surface area contributed by atoms with Crippen molar-refractivity contribution in [2.45, 2.75) is 0 Å². The highest BCUT2D eigenvalue weighted by Gasteiger charge is 2.15. The van der Waals surface area contributed by atoms with Gasteiger partial charge in [-0.3, -0.25) is 4.79 Å². The molecule has 4 nitrogen and oxygen atoms in total. The fourth-order valence-corrected chi connectivity index (χ4v) is 2.31. The summed E-state index contributed by atoms with van der Waals surface area (Å²) in [5.41, 5.74) is 0.485. The molecule has 0 unspecified atom stereocenters. The highest BCUT2D eigenvalue weighted by atomic mass is 35.5. The van der Waals surface area contributed by atoms with Gasteiger partial charge >= 0.3 is 0 Å². The van der Waals surface area contributed by atoms with E-state index in [-0.39, 0.29) is 5.69 Å². The summed E-state index contributed by atoms with van der Waals surface area (Å²) in [5.74, 6) is -0.194. The molecule has 0 spiro atoms. The first-order valence-corrected chi connectivity index (χ1v) is 6.11. The van der Waals surface area contributed by atoms with Gasteiger partial charge in [-0.25, -0.2) is 14.4 Å². The van der Waals surface area contributed by atoms with Crippen LogP contribution >= 0.6 is 22.9 Å². The van der Waals surface area contributed by atoms with Crippen LogP contribution in [0.3, 0.4) is 0 Å². The van der Waals surface area contributed by atoms with Crippen LogP contribution in [0.15, 0.2) is 18.3 Å². The topological polar surface area (TPSA) is 52.1 Å². The molecule has 2 heterocycles. The van der Waals surface area contributed by atoms with Gasteiger partial charge in [0, 0.05) is 6.20 Å². The molecule has 0 radical (unpaired) electrons. The molecule has 18 heavy (non-hydrogen) atoms. The average molecular weight is 287 g/mol. The van der Waals surface area contributed by atoms with Gasteiger partial charge in [-0.1, -0.05) is 11.6 Å². The Morgan fingerprint density at radius 3 is 2.89 bits per heavy atom. The molecule has 0 N–H and O–H groups in total. The second-order valence-corrected chi connectivity index (χ2v) is 4.89. The van der Waals surface area contributed by atoms with Crippen molar-refractivity contribution in [2.24, 2.45) is 0 Å². The van der Waals surface area contributed by atoms with Gasteiger partial charge in [0.25, 0.3) is 0 Å². The van der Waals surface area contributed by atoms with Crippen LogP contribution in [0.4, 0.5) is 4.39 Å². The minimum absolute atomic E-state index is 0.0535. The molecule has 0 aliphatic rings. The molecule has 0 bridgehead atoms. The van der Waals surface area contributed by atoms with Crippen LogP contribution in [-0.2, 0) is 0 Å². The van der Waals surface area contributed by atoms with Gasteiger partial charge in [-0.2, -0.15) is 0 Å². The Morgan fingerprint density at radius 1 is 1.56 bits per heavy atom. The lowest BCUT2D eigenvalue weighted by molar-refractivity contribution is 0.0954. The quantitative estimate of drug-likeness (QED) is 0.811. The second-order valence-electron chi connectivity index (χ2n) is 3.28. The van der Waals surface area contributed by atoms with Crippen molar-refractivity contribution in [1.29, 1.82) is 0 Å². The number of hydrogen-bond donors (Lipinski definition) is 0. The third-order valence-electron chi connectivity index (χ3n) is 2.20. The predicted molar refractivity (Wildman–Crippen MR) is 67.2 cm³/mol. The summed E-state index contributed by atoms with van der Waals surface area (Å²) in [7, 11) is 1.49. The second kappa shape index (κ2) is 5.41. The Bertz CT molecular complexity index is 588. The summed E-state index contributed by atoms with van der Waals surface area (Å²) >= 11 is 6.95. The van der Waals surface area contributed by atoms with Crippen LogP contribution in [0.25, 0.3) is 10.6 Å². The van der Waals surface area contributed by atoms with E-state index in [4.69, 9.17) is 16.3 Å². The number of carbonyl (C=O) groups excluding carboxylic acids is 1. The summed E-state index contributed by atoms with van der Waals surface area (Å²) in [5, 5.41) is 0. The summed E-state index contributed by atoms with van der Waals surface area (Å²) in [6.45, 7) is -1.08. The van der Waals surface area contributed by atoms with Crippen LogP contribution in [-0.4, -0.2) is 29.5 Å². The van der Waals surface area contributed by atoms with Gasteiger partial charge in [-0.05, 0) is 12.1 Å². The van der Waals surface area contributed by atoms with Crippen molar-refractivity contribution in [3.05, 3.63) is 28.5 Å². The molecule has 0 saturated carbocycles. The van der Waals surface area contributed by atoms with E-state index < -0.39 is 12.5 Å². The zero-order valence-corrected chi connectivity index (χ0v) is 10.9. The Labute approximate surface area is 111 Å². The Kier molecular flexibility index (Phi) is 3.88. The van der Waals surface area contributed by atoms with Gasteiger partial charge in [0.1, 0.15) is 17.1 Å². The molecule has 0 aliphatic heterocycles. The molecule has 0 atom stereocenters. The number of alkyl halides is 1. The van der Waals surface area contributed by atoms with Crippen molar-refractivity contribution >= 4 is 28.7 Å². The van der Waals surface area contributed by atoms with Crippen molar-refractivity contribution in [3.63, 3.8) is 0 Å². The number of Topliss-reactive ketones (excluding diaryl/α,β-unsaturated/α-hetero) is 1. The number of pyridine rings is 1. The average Bonchev–Trinajstić information content (AvgIpc) is 2.83. The maximum absolute atomic E-state index is 12.3. The van der Waals surface area contributed by atoms with Crippen LogP contribution < -0.4 is 4.74 Å². The van der Waals surface area contributed by atoms with Crippen molar-refractivity contribution < 1.29 is 13.9 Å². The van der Waals surface area contributed by atoms with Gasteiger partial charge in [0.05, 0.1) is 12.0 Å². The summed E-state index contributed by atoms with van der Waals surface area (Å²) in [6.07, 6.45) is 1.53. The van der Waals surface area contributed by atoms with E-state index in [2.05, 4.69) is 9.97 Å². The van der Waals surface area contributed by atoms with Crippen LogP contribution in [0.1, 0.15) is 10.5 Å². The number of carbonyl (C=O) groups is 1. The first-order valence-electron chi connectivity index (χ1n) is 4.91. The number of nitrogens with zero attached hydrogens (tertiary/aromatic N) is 2. The van der Waals surface area contributed by atoms with E-state index in [0.717, 1.165) is 0 Å². The zero-order chi connectivity index (χ0) is 13.1. The van der Waals surface area contributed by atoms with Gasteiger partial charge in [0.15, 0.2) is 11.1 Å². The lowest BCUT2D eigenvalue weighted by Gasteiger charge is -2.06. The van der Waals surface area contributed by atoms with Crippen molar-refractivity contribution in [2.75, 3.05) is 13.8 Å². The van der Waals surface area contributed by atoms with Crippen molar-refractivity contribution in [1.82, 2.24) is 9.97 Å². The minimum atomic E-state index is -1.08. The molecule has 0 fully saturated rings. The predicted octanol–water partition coefficient (Wildman–Crippen LogP) is 3.02. The van der Waals surface area contributed by atoms with Crippen LogP contribution in [0.5, 0.6) is 5.75 Å². The number of aromatic nitrogens is 2. The number of hydrogen-bond acceptors (Lipinski definition) is 5. The largest absolute Gasteiger partial charge is 0.494 e. The third-order valence-corrected chi connectivity index (χ3v) is 3.32. The smallest absolute Gasteiger partial charge is 0.212 e. The maximum Gasteiger partial charge on any atom is 0.212 e. The van der Waals surface area contributed by atoms with Gasteiger partial charge in [-0.15, -0.1) is 11.3 Å². The molecule has 2 rings (SSSR count). The molecule has 94 valence electrons. The molecule has 0 aliphatic carbocycles. The molecule has 0 saturated heterocycles. The van der Waals surface area contributed by atoms with Crippen molar-refractivity contribution in [3.8, 4) is 16.3 Å². The first kappa shape index (κ1) is 12.9. The fraction of sp³-hybridized carbons (Fsp3) is 0.182. The number of rotatable bonds is 4. The summed E-state index contributed by atoms with van der Waals surface area (Å²) < 4.78 is 17.8. The Balaban J connectivity index is 2.52. The normalized spacial score (nSPS) is 10.4. The number of halogens is 2. The summed E-state index contributed by atoms with van der Waals surface area (Å²) in [6, 6.07) is 2.99. The first-order chi connectivity index (χ1) is 8.65. The number of ketones is 1. The van der Waals surface area contributed by atoms with E-state index in [1.165, 1.54) is 30.7 Å². The molecular formula is C11H8ClFN2O2S. The van der Waals surface area contributed by atoms with E-state index in [0.29, 0.717) is 20.8 Å². The zero-order valence-electron chi connectivity index (χ0n) is 9.31. The van der Waals surface area contributed by atoms with Gasteiger partial charge in [0.2, 0.25) is 5.78 Å². The minimum Gasteiger partial charge on any atom is -0.494 e. The third kappa shape index (κ3) is 2.49. The Morgan fingerprint density at radius 2 is 2.33 bits per heavy atom. The monoisotopic (exact) mass is 286 g/mol. The Hall–Kier alpha value is -1.53. The van der Waals surface area contributed by atoms with Crippen LogP contribution in [0, 0.1) is 0 Å². The molecule has 0 amide bonds. The maximum atomic E-state index is 12.3. The summed E-state index contributed by atoms with van der Waals surface area (Å²) in [4.78, 5) is 19.9. The highest BCUT2D eigenvalue weighted by molar-refractivity contribution is 7.18. The standard InChI is InChI=1S/C11H8ClFN2O2S/c1-17-8-3-2-6(7(16)4-13)15-10(8)9-5-14-11(12)18-9/h2-3,5H,4H2,1H3. The molecule has 2 aromatic heterocycles.